The van der Waals surface area contributed by atoms with Gasteiger partial charge in [-0.15, -0.1) is 11.3 Å². The number of carbonyl (C=O) groups excluding carboxylic acids is 1. The fourth-order valence-electron chi connectivity index (χ4n) is 2.27. The summed E-state index contributed by atoms with van der Waals surface area (Å²) in [6.07, 6.45) is 1.04. The van der Waals surface area contributed by atoms with E-state index in [1.54, 1.807) is 24.3 Å². The van der Waals surface area contributed by atoms with Crippen molar-refractivity contribution in [1.82, 2.24) is 0 Å². The molecule has 0 spiro atoms. The van der Waals surface area contributed by atoms with Crippen LogP contribution in [0.15, 0.2) is 24.3 Å². The average molecular weight is 292 g/mol. The maximum atomic E-state index is 13.4. The van der Waals surface area contributed by atoms with E-state index < -0.39 is 0 Å². The molecule has 2 heterocycles. The fraction of sp³-hybridized carbons (Fsp3) is 0.267. The summed E-state index contributed by atoms with van der Waals surface area (Å²) in [5, 5.41) is 0. The summed E-state index contributed by atoms with van der Waals surface area (Å²) in [6.45, 7) is 1.80. The topological polar surface area (TPSA) is 17.1 Å². The van der Waals surface area contributed by atoms with Crippen LogP contribution < -0.4 is 0 Å². The van der Waals surface area contributed by atoms with Crippen LogP contribution in [0.2, 0.25) is 0 Å². The third kappa shape index (κ3) is 2.60. The zero-order chi connectivity index (χ0) is 13.4. The van der Waals surface area contributed by atoms with Crippen molar-refractivity contribution >= 4 is 28.9 Å². The summed E-state index contributed by atoms with van der Waals surface area (Å²) < 4.78 is 13.4. The number of hydrogen-bond donors (Lipinski definition) is 0. The van der Waals surface area contributed by atoms with Gasteiger partial charge >= 0.3 is 0 Å². The normalized spacial score (nSPS) is 14.2. The van der Waals surface area contributed by atoms with Gasteiger partial charge in [0.2, 0.25) is 5.78 Å². The van der Waals surface area contributed by atoms with Gasteiger partial charge in [0.25, 0.3) is 0 Å². The number of thioether (sulfide) groups is 1. The Labute approximate surface area is 119 Å². The van der Waals surface area contributed by atoms with Crippen LogP contribution in [0.4, 0.5) is 4.39 Å². The summed E-state index contributed by atoms with van der Waals surface area (Å²) >= 11 is 3.46. The lowest BCUT2D eigenvalue weighted by molar-refractivity contribution is 0.104. The lowest BCUT2D eigenvalue weighted by Gasteiger charge is -2.08. The number of carbonyl (C=O) groups is 1. The molecule has 98 valence electrons. The number of aryl methyl sites for hydroxylation is 2. The SMILES string of the molecule is Cc1cc(F)cc(C(=O)c2cc3c(s2)CCSC3)c1. The molecule has 0 radical (unpaired) electrons. The third-order valence-corrected chi connectivity index (χ3v) is 5.40. The maximum Gasteiger partial charge on any atom is 0.203 e. The van der Waals surface area contributed by atoms with Gasteiger partial charge in [-0.3, -0.25) is 4.79 Å². The number of hydrogen-bond acceptors (Lipinski definition) is 3. The van der Waals surface area contributed by atoms with E-state index in [1.165, 1.54) is 22.6 Å². The lowest BCUT2D eigenvalue weighted by atomic mass is 10.1. The monoisotopic (exact) mass is 292 g/mol. The predicted octanol–water partition coefficient (Wildman–Crippen LogP) is 4.22. The number of thiophene rings is 1. The molecular formula is C15H13FOS2. The Morgan fingerprint density at radius 3 is 2.84 bits per heavy atom. The van der Waals surface area contributed by atoms with E-state index in [0.29, 0.717) is 5.56 Å². The second-order valence-corrected chi connectivity index (χ2v) is 6.95. The first kappa shape index (κ1) is 12.9. The zero-order valence-electron chi connectivity index (χ0n) is 10.5. The van der Waals surface area contributed by atoms with Crippen LogP contribution in [0, 0.1) is 12.7 Å². The average Bonchev–Trinajstić information content (AvgIpc) is 2.80. The van der Waals surface area contributed by atoms with Crippen molar-refractivity contribution in [3.05, 3.63) is 56.5 Å². The van der Waals surface area contributed by atoms with Crippen LogP contribution >= 0.6 is 23.1 Å². The van der Waals surface area contributed by atoms with Crippen LogP contribution in [0.1, 0.15) is 31.2 Å². The van der Waals surface area contributed by atoms with Gasteiger partial charge < -0.3 is 0 Å². The van der Waals surface area contributed by atoms with Crippen LogP contribution in [0.5, 0.6) is 0 Å². The minimum absolute atomic E-state index is 0.0630. The van der Waals surface area contributed by atoms with Crippen LogP contribution in [-0.4, -0.2) is 11.5 Å². The van der Waals surface area contributed by atoms with E-state index in [9.17, 15) is 9.18 Å². The minimum atomic E-state index is -0.347. The van der Waals surface area contributed by atoms with Gasteiger partial charge in [0, 0.05) is 16.2 Å². The highest BCUT2D eigenvalue weighted by Gasteiger charge is 2.19. The summed E-state index contributed by atoms with van der Waals surface area (Å²) in [4.78, 5) is 14.5. The third-order valence-electron chi connectivity index (χ3n) is 3.16. The highest BCUT2D eigenvalue weighted by Crippen LogP contribution is 2.32. The Hall–Kier alpha value is -1.13. The van der Waals surface area contributed by atoms with Gasteiger partial charge in [-0.1, -0.05) is 0 Å². The van der Waals surface area contributed by atoms with Gasteiger partial charge in [0.05, 0.1) is 4.88 Å². The van der Waals surface area contributed by atoms with Crippen molar-refractivity contribution in [3.63, 3.8) is 0 Å². The van der Waals surface area contributed by atoms with Gasteiger partial charge in [-0.25, -0.2) is 4.39 Å². The summed E-state index contributed by atoms with van der Waals surface area (Å²) in [5.41, 5.74) is 2.50. The molecule has 0 atom stereocenters. The Morgan fingerprint density at radius 1 is 1.26 bits per heavy atom. The fourth-order valence-corrected chi connectivity index (χ4v) is 4.60. The molecule has 0 amide bonds. The van der Waals surface area contributed by atoms with Crippen LogP contribution in [0.25, 0.3) is 0 Å². The summed E-state index contributed by atoms with van der Waals surface area (Å²) in [5.74, 6) is 1.70. The maximum absolute atomic E-state index is 13.4. The van der Waals surface area contributed by atoms with E-state index in [0.717, 1.165) is 28.4 Å². The minimum Gasteiger partial charge on any atom is -0.288 e. The molecule has 2 aromatic rings. The molecule has 1 aliphatic rings. The Bertz CT molecular complexity index is 602. The van der Waals surface area contributed by atoms with Gasteiger partial charge in [-0.2, -0.15) is 11.8 Å². The van der Waals surface area contributed by atoms with Crippen molar-refractivity contribution in [3.8, 4) is 0 Å². The van der Waals surface area contributed by atoms with Crippen molar-refractivity contribution in [2.45, 2.75) is 19.1 Å². The molecule has 0 bridgehead atoms. The van der Waals surface area contributed by atoms with E-state index >= 15 is 0 Å². The van der Waals surface area contributed by atoms with Gasteiger partial charge in [-0.05, 0) is 54.5 Å². The molecule has 1 aromatic carbocycles. The Balaban J connectivity index is 1.97. The quantitative estimate of drug-likeness (QED) is 0.771. The molecule has 1 aromatic heterocycles. The zero-order valence-corrected chi connectivity index (χ0v) is 12.2. The molecule has 1 aliphatic heterocycles. The molecule has 0 saturated heterocycles. The van der Waals surface area contributed by atoms with Crippen LogP contribution in [-0.2, 0) is 12.2 Å². The molecule has 0 unspecified atom stereocenters. The first-order chi connectivity index (χ1) is 9.13. The summed E-state index contributed by atoms with van der Waals surface area (Å²) in [6, 6.07) is 6.49. The van der Waals surface area contributed by atoms with E-state index in [4.69, 9.17) is 0 Å². The second kappa shape index (κ2) is 5.10. The van der Waals surface area contributed by atoms with Gasteiger partial charge in [0.1, 0.15) is 5.82 Å². The van der Waals surface area contributed by atoms with Crippen molar-refractivity contribution in [2.75, 3.05) is 5.75 Å². The Kier molecular flexibility index (Phi) is 3.46. The number of halogens is 1. The van der Waals surface area contributed by atoms with E-state index in [-0.39, 0.29) is 11.6 Å². The molecule has 19 heavy (non-hydrogen) atoms. The highest BCUT2D eigenvalue weighted by atomic mass is 32.2. The number of benzene rings is 1. The molecule has 1 nitrogen and oxygen atoms in total. The van der Waals surface area contributed by atoms with Crippen LogP contribution in [0.3, 0.4) is 0 Å². The molecule has 0 saturated carbocycles. The first-order valence-corrected chi connectivity index (χ1v) is 8.12. The predicted molar refractivity (Wildman–Crippen MR) is 78.8 cm³/mol. The largest absolute Gasteiger partial charge is 0.288 e. The molecular weight excluding hydrogens is 279 g/mol. The molecule has 3 rings (SSSR count). The smallest absolute Gasteiger partial charge is 0.203 e. The summed E-state index contributed by atoms with van der Waals surface area (Å²) in [7, 11) is 0. The molecule has 0 fully saturated rings. The standard InChI is InChI=1S/C15H13FOS2/c1-9-4-10(6-12(16)5-9)15(17)14-7-11-8-18-3-2-13(11)19-14/h4-7H,2-3,8H2,1H3. The number of rotatable bonds is 2. The number of ketones is 1. The lowest BCUT2D eigenvalue weighted by Crippen LogP contribution is -2.00. The molecule has 4 heteroatoms. The van der Waals surface area contributed by atoms with Gasteiger partial charge in [0.15, 0.2) is 0 Å². The molecule has 0 N–H and O–H groups in total. The van der Waals surface area contributed by atoms with Crippen molar-refractivity contribution in [2.24, 2.45) is 0 Å². The second-order valence-electron chi connectivity index (χ2n) is 4.71. The Morgan fingerprint density at radius 2 is 2.11 bits per heavy atom. The van der Waals surface area contributed by atoms with Crippen molar-refractivity contribution in [1.29, 1.82) is 0 Å². The van der Waals surface area contributed by atoms with E-state index in [1.807, 2.05) is 17.8 Å². The first-order valence-electron chi connectivity index (χ1n) is 6.15. The highest BCUT2D eigenvalue weighted by molar-refractivity contribution is 7.98. The van der Waals surface area contributed by atoms with Crippen molar-refractivity contribution < 1.29 is 9.18 Å². The molecule has 0 aliphatic carbocycles. The number of fused-ring (bicyclic) bond motifs is 1. The van der Waals surface area contributed by atoms with E-state index in [2.05, 4.69) is 0 Å².